The zero-order chi connectivity index (χ0) is 20.5. The maximum absolute atomic E-state index is 12.3. The van der Waals surface area contributed by atoms with Gasteiger partial charge in [-0.2, -0.15) is 5.10 Å². The topological polar surface area (TPSA) is 59.8 Å². The number of aryl methyl sites for hydroxylation is 1. The van der Waals surface area contributed by atoms with E-state index in [4.69, 9.17) is 17.3 Å². The minimum Gasteiger partial charge on any atom is -0.497 e. The number of amides is 1. The van der Waals surface area contributed by atoms with E-state index in [0.717, 1.165) is 17.1 Å². The smallest absolute Gasteiger partial charge is 0.410 e. The number of benzene rings is 1. The van der Waals surface area contributed by atoms with Gasteiger partial charge in [0.05, 0.1) is 12.8 Å². The van der Waals surface area contributed by atoms with Crippen LogP contribution in [0, 0.1) is 0 Å². The minimum absolute atomic E-state index is 0.262. The van der Waals surface area contributed by atoms with Crippen LogP contribution < -0.4 is 15.1 Å². The molecule has 0 atom stereocenters. The third-order valence-corrected chi connectivity index (χ3v) is 4.64. The van der Waals surface area contributed by atoms with E-state index in [9.17, 15) is 4.79 Å². The van der Waals surface area contributed by atoms with Crippen LogP contribution in [0.4, 0.5) is 10.6 Å². The van der Waals surface area contributed by atoms with Crippen molar-refractivity contribution in [1.29, 1.82) is 0 Å². The molecule has 1 aromatic heterocycles. The molecule has 0 spiro atoms. The third-order valence-electron chi connectivity index (χ3n) is 4.64. The Morgan fingerprint density at radius 2 is 1.86 bits per heavy atom. The first-order chi connectivity index (χ1) is 13.2. The van der Waals surface area contributed by atoms with Crippen molar-refractivity contribution in [3.63, 3.8) is 0 Å². The van der Waals surface area contributed by atoms with Gasteiger partial charge in [0.15, 0.2) is 0 Å². The van der Waals surface area contributed by atoms with E-state index in [2.05, 4.69) is 10.00 Å². The van der Waals surface area contributed by atoms with Crippen LogP contribution in [0.5, 0.6) is 5.75 Å². The monoisotopic (exact) mass is 382 g/mol. The van der Waals surface area contributed by atoms with Gasteiger partial charge in [-0.3, -0.25) is 4.68 Å². The molecular formula is C20H27BN4O3. The summed E-state index contributed by atoms with van der Waals surface area (Å²) in [5, 5.41) is 4.64. The normalized spacial score (nSPS) is 14.9. The van der Waals surface area contributed by atoms with Crippen LogP contribution in [0.3, 0.4) is 0 Å². The summed E-state index contributed by atoms with van der Waals surface area (Å²) in [4.78, 5) is 16.2. The van der Waals surface area contributed by atoms with E-state index >= 15 is 0 Å². The second kappa shape index (κ2) is 7.77. The van der Waals surface area contributed by atoms with Crippen LogP contribution in [0.15, 0.2) is 24.3 Å². The lowest BCUT2D eigenvalue weighted by Crippen LogP contribution is -2.50. The highest BCUT2D eigenvalue weighted by Crippen LogP contribution is 2.30. The Labute approximate surface area is 167 Å². The molecule has 2 aromatic rings. The fourth-order valence-corrected chi connectivity index (χ4v) is 3.31. The highest BCUT2D eigenvalue weighted by Gasteiger charge is 2.27. The van der Waals surface area contributed by atoms with Crippen LogP contribution in [-0.2, 0) is 11.8 Å². The molecule has 1 aliphatic rings. The lowest BCUT2D eigenvalue weighted by atomic mass is 9.92. The predicted molar refractivity (Wildman–Crippen MR) is 111 cm³/mol. The number of nitrogens with zero attached hydrogens (tertiary/aromatic N) is 4. The number of anilines is 1. The largest absolute Gasteiger partial charge is 0.497 e. The maximum atomic E-state index is 12.3. The number of carbonyl (C=O) groups excluding carboxylic acids is 1. The predicted octanol–water partition coefficient (Wildman–Crippen LogP) is 1.95. The summed E-state index contributed by atoms with van der Waals surface area (Å²) in [5.41, 5.74) is 1.76. The van der Waals surface area contributed by atoms with Gasteiger partial charge in [0.2, 0.25) is 0 Å². The molecule has 0 unspecified atom stereocenters. The highest BCUT2D eigenvalue weighted by molar-refractivity contribution is 6.34. The number of ether oxygens (including phenoxy) is 2. The van der Waals surface area contributed by atoms with E-state index in [0.29, 0.717) is 37.4 Å². The molecule has 0 bridgehead atoms. The molecule has 1 fully saturated rings. The molecule has 148 valence electrons. The fourth-order valence-electron chi connectivity index (χ4n) is 3.31. The van der Waals surface area contributed by atoms with E-state index in [1.54, 1.807) is 12.0 Å². The Bertz CT molecular complexity index is 852. The average Bonchev–Trinajstić information content (AvgIpc) is 3.02. The van der Waals surface area contributed by atoms with Gasteiger partial charge in [0, 0.05) is 44.9 Å². The van der Waals surface area contributed by atoms with Crippen molar-refractivity contribution < 1.29 is 14.3 Å². The maximum Gasteiger partial charge on any atom is 0.410 e. The first kappa shape index (κ1) is 20.1. The molecule has 2 radical (unpaired) electrons. The number of piperazine rings is 1. The summed E-state index contributed by atoms with van der Waals surface area (Å²) in [7, 11) is 9.55. The first-order valence-electron chi connectivity index (χ1n) is 9.39. The van der Waals surface area contributed by atoms with Crippen molar-refractivity contribution in [1.82, 2.24) is 14.7 Å². The van der Waals surface area contributed by atoms with Crippen LogP contribution >= 0.6 is 0 Å². The second-order valence-corrected chi connectivity index (χ2v) is 7.89. The Kier molecular flexibility index (Phi) is 5.58. The van der Waals surface area contributed by atoms with Crippen molar-refractivity contribution in [3.8, 4) is 17.0 Å². The van der Waals surface area contributed by atoms with Gasteiger partial charge < -0.3 is 19.3 Å². The minimum atomic E-state index is -0.484. The molecule has 8 heteroatoms. The van der Waals surface area contributed by atoms with Crippen molar-refractivity contribution in [2.24, 2.45) is 7.05 Å². The number of para-hydroxylation sites is 1. The molecule has 1 amide bonds. The molecule has 0 saturated carbocycles. The van der Waals surface area contributed by atoms with Crippen LogP contribution in [0.25, 0.3) is 11.3 Å². The highest BCUT2D eigenvalue weighted by atomic mass is 16.6. The molecule has 0 aliphatic carbocycles. The molecule has 2 heterocycles. The summed E-state index contributed by atoms with van der Waals surface area (Å²) < 4.78 is 12.8. The molecule has 1 aliphatic heterocycles. The first-order valence-corrected chi connectivity index (χ1v) is 9.39. The summed E-state index contributed by atoms with van der Waals surface area (Å²) in [6.45, 7) is 8.28. The van der Waals surface area contributed by atoms with Gasteiger partial charge in [0.25, 0.3) is 0 Å². The summed E-state index contributed by atoms with van der Waals surface area (Å²) in [6, 6.07) is 7.67. The zero-order valence-corrected chi connectivity index (χ0v) is 17.2. The molecule has 7 nitrogen and oxygen atoms in total. The molecule has 0 N–H and O–H groups in total. The molecule has 3 rings (SSSR count). The Morgan fingerprint density at radius 3 is 2.46 bits per heavy atom. The molecular weight excluding hydrogens is 355 g/mol. The molecule has 28 heavy (non-hydrogen) atoms. The van der Waals surface area contributed by atoms with Gasteiger partial charge in [-0.1, -0.05) is 17.6 Å². The number of hydrogen-bond donors (Lipinski definition) is 0. The van der Waals surface area contributed by atoms with E-state index < -0.39 is 5.60 Å². The van der Waals surface area contributed by atoms with Crippen molar-refractivity contribution in [2.75, 3.05) is 38.2 Å². The van der Waals surface area contributed by atoms with Gasteiger partial charge >= 0.3 is 6.09 Å². The Hall–Kier alpha value is -2.64. The summed E-state index contributed by atoms with van der Waals surface area (Å²) >= 11 is 0. The standard InChI is InChI=1S/C20H27BN4O3/c1-20(2,3)28-19(26)25-11-9-24(10-12-25)17-13-16(22-23(17)4)14-7-6-8-15(21)18(14)27-5/h6-8,13H,9-12H2,1-5H3. The fraction of sp³-hybridized carbons (Fsp3) is 0.500. The molecule has 1 aromatic carbocycles. The number of hydrogen-bond acceptors (Lipinski definition) is 5. The Morgan fingerprint density at radius 1 is 1.18 bits per heavy atom. The zero-order valence-electron chi connectivity index (χ0n) is 17.2. The van der Waals surface area contributed by atoms with Crippen molar-refractivity contribution in [3.05, 3.63) is 24.3 Å². The van der Waals surface area contributed by atoms with E-state index in [-0.39, 0.29) is 6.09 Å². The Balaban J connectivity index is 1.74. The number of methoxy groups -OCH3 is 1. The van der Waals surface area contributed by atoms with E-state index in [1.807, 2.05) is 56.8 Å². The lowest BCUT2D eigenvalue weighted by molar-refractivity contribution is 0.0240. The molecule has 1 saturated heterocycles. The van der Waals surface area contributed by atoms with Gasteiger partial charge in [-0.15, -0.1) is 0 Å². The third kappa shape index (κ3) is 4.26. The number of aromatic nitrogens is 2. The van der Waals surface area contributed by atoms with E-state index in [1.165, 1.54) is 0 Å². The summed E-state index contributed by atoms with van der Waals surface area (Å²) in [5.74, 6) is 1.62. The number of carbonyl (C=O) groups is 1. The lowest BCUT2D eigenvalue weighted by Gasteiger charge is -2.36. The van der Waals surface area contributed by atoms with Crippen LogP contribution in [-0.4, -0.2) is 67.5 Å². The average molecular weight is 382 g/mol. The second-order valence-electron chi connectivity index (χ2n) is 7.89. The quantitative estimate of drug-likeness (QED) is 0.760. The summed E-state index contributed by atoms with van der Waals surface area (Å²) in [6.07, 6.45) is -0.262. The van der Waals surface area contributed by atoms with Gasteiger partial charge in [0.1, 0.15) is 25.0 Å². The van der Waals surface area contributed by atoms with Gasteiger partial charge in [-0.25, -0.2) is 4.79 Å². The van der Waals surface area contributed by atoms with Gasteiger partial charge in [-0.05, 0) is 26.8 Å². The van der Waals surface area contributed by atoms with Crippen molar-refractivity contribution >= 4 is 25.2 Å². The van der Waals surface area contributed by atoms with Crippen LogP contribution in [0.1, 0.15) is 20.8 Å². The SMILES string of the molecule is [B]c1cccc(-c2cc(N3CCN(C(=O)OC(C)(C)C)CC3)n(C)n2)c1OC. The van der Waals surface area contributed by atoms with Crippen molar-refractivity contribution in [2.45, 2.75) is 26.4 Å². The number of rotatable bonds is 3. The van der Waals surface area contributed by atoms with Crippen LogP contribution in [0.2, 0.25) is 0 Å².